The van der Waals surface area contributed by atoms with Crippen LogP contribution in [0.4, 0.5) is 0 Å². The average Bonchev–Trinajstić information content (AvgIpc) is 3.20. The van der Waals surface area contributed by atoms with Gasteiger partial charge in [0.2, 0.25) is 0 Å². The molecule has 0 aromatic heterocycles. The standard InChI is InChI=1S/C9H19NO.C7H15NO.C2H6/c1-10-7-3-5-9(10)6-4-8-11-2;9-5-1-2-7-3-4-8-6-7;1-2/h9H,3-8H2,1-2H3;7-9H,1-6H2;1-2H3/t;7-;/m.0./s1. The number of hydrogen-bond donors (Lipinski definition) is 2. The molecule has 2 aliphatic heterocycles. The highest BCUT2D eigenvalue weighted by atomic mass is 16.5. The van der Waals surface area contributed by atoms with Crippen LogP contribution in [0.3, 0.4) is 0 Å². The van der Waals surface area contributed by atoms with Crippen molar-refractivity contribution in [2.24, 2.45) is 5.92 Å². The van der Waals surface area contributed by atoms with Gasteiger partial charge in [-0.15, -0.1) is 0 Å². The summed E-state index contributed by atoms with van der Waals surface area (Å²) >= 11 is 0. The Hall–Kier alpha value is -0.160. The second kappa shape index (κ2) is 15.7. The zero-order valence-electron chi connectivity index (χ0n) is 15.4. The lowest BCUT2D eigenvalue weighted by atomic mass is 10.0. The predicted molar refractivity (Wildman–Crippen MR) is 95.4 cm³/mol. The van der Waals surface area contributed by atoms with Crippen molar-refractivity contribution in [1.82, 2.24) is 10.2 Å². The maximum atomic E-state index is 8.51. The Morgan fingerprint density at radius 1 is 1.18 bits per heavy atom. The van der Waals surface area contributed by atoms with Crippen molar-refractivity contribution in [1.29, 1.82) is 0 Å². The van der Waals surface area contributed by atoms with Gasteiger partial charge in [-0.2, -0.15) is 0 Å². The minimum absolute atomic E-state index is 0.358. The van der Waals surface area contributed by atoms with Gasteiger partial charge in [0, 0.05) is 26.4 Å². The Kier molecular flexibility index (Phi) is 15.6. The fourth-order valence-electron chi connectivity index (χ4n) is 3.15. The molecule has 134 valence electrons. The van der Waals surface area contributed by atoms with E-state index in [2.05, 4.69) is 17.3 Å². The van der Waals surface area contributed by atoms with Crippen LogP contribution in [0.15, 0.2) is 0 Å². The summed E-state index contributed by atoms with van der Waals surface area (Å²) < 4.78 is 5.02. The van der Waals surface area contributed by atoms with E-state index in [0.29, 0.717) is 6.61 Å². The van der Waals surface area contributed by atoms with Crippen LogP contribution in [0.2, 0.25) is 0 Å². The molecule has 2 aliphatic rings. The Morgan fingerprint density at radius 3 is 2.45 bits per heavy atom. The van der Waals surface area contributed by atoms with Crippen molar-refractivity contribution in [2.75, 3.05) is 47.0 Å². The SMILES string of the molecule is CC.COCCCC1CCCN1C.OCCC[C@H]1CCNC1. The van der Waals surface area contributed by atoms with E-state index in [4.69, 9.17) is 9.84 Å². The fourth-order valence-corrected chi connectivity index (χ4v) is 3.15. The van der Waals surface area contributed by atoms with Crippen LogP contribution in [0.5, 0.6) is 0 Å². The van der Waals surface area contributed by atoms with Crippen LogP contribution >= 0.6 is 0 Å². The third-order valence-electron chi connectivity index (χ3n) is 4.49. The van der Waals surface area contributed by atoms with Crippen molar-refractivity contribution < 1.29 is 9.84 Å². The molecule has 2 N–H and O–H groups in total. The van der Waals surface area contributed by atoms with Crippen LogP contribution in [0.25, 0.3) is 0 Å². The fraction of sp³-hybridized carbons (Fsp3) is 1.00. The Morgan fingerprint density at radius 2 is 1.95 bits per heavy atom. The molecule has 4 nitrogen and oxygen atoms in total. The molecular formula is C18H40N2O2. The molecule has 2 rings (SSSR count). The summed E-state index contributed by atoms with van der Waals surface area (Å²) in [4.78, 5) is 2.47. The van der Waals surface area contributed by atoms with Gasteiger partial charge in [-0.3, -0.25) is 0 Å². The molecule has 0 aromatic carbocycles. The van der Waals surface area contributed by atoms with Crippen LogP contribution in [-0.4, -0.2) is 63.1 Å². The topological polar surface area (TPSA) is 44.7 Å². The highest BCUT2D eigenvalue weighted by Crippen LogP contribution is 2.18. The van der Waals surface area contributed by atoms with Crippen LogP contribution in [0, 0.1) is 5.92 Å². The number of likely N-dealkylation sites (tertiary alicyclic amines) is 1. The Labute approximate surface area is 138 Å². The highest BCUT2D eigenvalue weighted by molar-refractivity contribution is 4.75. The number of rotatable bonds is 7. The van der Waals surface area contributed by atoms with Gasteiger partial charge in [-0.05, 0) is 77.5 Å². The zero-order chi connectivity index (χ0) is 16.6. The molecule has 0 radical (unpaired) electrons. The van der Waals surface area contributed by atoms with E-state index in [0.717, 1.165) is 25.0 Å². The van der Waals surface area contributed by atoms with Crippen LogP contribution in [-0.2, 0) is 4.74 Å². The van der Waals surface area contributed by atoms with E-state index in [1.54, 1.807) is 7.11 Å². The summed E-state index contributed by atoms with van der Waals surface area (Å²) in [7, 11) is 4.00. The minimum Gasteiger partial charge on any atom is -0.396 e. The number of aliphatic hydroxyl groups is 1. The third kappa shape index (κ3) is 10.5. The van der Waals surface area contributed by atoms with Crippen molar-refractivity contribution >= 4 is 0 Å². The quantitative estimate of drug-likeness (QED) is 0.709. The first-order valence-electron chi connectivity index (χ1n) is 9.28. The molecule has 2 fully saturated rings. The lowest BCUT2D eigenvalue weighted by Crippen LogP contribution is -2.24. The number of nitrogens with zero attached hydrogens (tertiary/aromatic N) is 1. The summed E-state index contributed by atoms with van der Waals surface area (Å²) in [6, 6.07) is 0.838. The Balaban J connectivity index is 0.000000366. The average molecular weight is 317 g/mol. The molecule has 0 aromatic rings. The molecule has 2 saturated heterocycles. The molecule has 2 atom stereocenters. The Bertz CT molecular complexity index is 221. The molecular weight excluding hydrogens is 276 g/mol. The van der Waals surface area contributed by atoms with Gasteiger partial charge in [0.05, 0.1) is 0 Å². The predicted octanol–water partition coefficient (Wildman–Crippen LogP) is 2.90. The van der Waals surface area contributed by atoms with E-state index in [1.165, 1.54) is 58.2 Å². The van der Waals surface area contributed by atoms with Gasteiger partial charge >= 0.3 is 0 Å². The van der Waals surface area contributed by atoms with Gasteiger partial charge in [-0.1, -0.05) is 13.8 Å². The molecule has 22 heavy (non-hydrogen) atoms. The summed E-state index contributed by atoms with van der Waals surface area (Å²) in [5.41, 5.74) is 0. The third-order valence-corrected chi connectivity index (χ3v) is 4.49. The number of hydrogen-bond acceptors (Lipinski definition) is 4. The number of nitrogens with one attached hydrogen (secondary N) is 1. The summed E-state index contributed by atoms with van der Waals surface area (Å²) in [6.07, 6.45) is 8.78. The molecule has 0 aliphatic carbocycles. The second-order valence-electron chi connectivity index (χ2n) is 6.14. The maximum Gasteiger partial charge on any atom is 0.0462 e. The van der Waals surface area contributed by atoms with Crippen LogP contribution in [0.1, 0.15) is 58.8 Å². The molecule has 0 saturated carbocycles. The molecule has 2 heterocycles. The minimum atomic E-state index is 0.358. The van der Waals surface area contributed by atoms with E-state index in [-0.39, 0.29) is 0 Å². The first-order valence-corrected chi connectivity index (χ1v) is 9.28. The van der Waals surface area contributed by atoms with E-state index in [9.17, 15) is 0 Å². The van der Waals surface area contributed by atoms with Crippen molar-refractivity contribution in [2.45, 2.75) is 64.8 Å². The summed E-state index contributed by atoms with van der Waals surface area (Å²) in [5.74, 6) is 0.845. The second-order valence-corrected chi connectivity index (χ2v) is 6.14. The molecule has 1 unspecified atom stereocenters. The van der Waals surface area contributed by atoms with E-state index >= 15 is 0 Å². The van der Waals surface area contributed by atoms with Gasteiger partial charge in [0.25, 0.3) is 0 Å². The van der Waals surface area contributed by atoms with E-state index in [1.807, 2.05) is 13.8 Å². The summed E-state index contributed by atoms with van der Waals surface area (Å²) in [5, 5.41) is 11.8. The molecule has 0 amide bonds. The lowest BCUT2D eigenvalue weighted by Gasteiger charge is -2.18. The lowest BCUT2D eigenvalue weighted by molar-refractivity contribution is 0.180. The smallest absolute Gasteiger partial charge is 0.0462 e. The van der Waals surface area contributed by atoms with E-state index < -0.39 is 0 Å². The van der Waals surface area contributed by atoms with Gasteiger partial charge in [0.15, 0.2) is 0 Å². The maximum absolute atomic E-state index is 8.51. The van der Waals surface area contributed by atoms with Crippen molar-refractivity contribution in [3.05, 3.63) is 0 Å². The molecule has 0 spiro atoms. The highest BCUT2D eigenvalue weighted by Gasteiger charge is 2.19. The van der Waals surface area contributed by atoms with Gasteiger partial charge in [0.1, 0.15) is 0 Å². The monoisotopic (exact) mass is 316 g/mol. The normalized spacial score (nSPS) is 24.4. The van der Waals surface area contributed by atoms with Crippen LogP contribution < -0.4 is 5.32 Å². The number of ether oxygens (including phenoxy) is 1. The first kappa shape index (κ1) is 21.8. The van der Waals surface area contributed by atoms with Crippen molar-refractivity contribution in [3.8, 4) is 0 Å². The molecule has 4 heteroatoms. The van der Waals surface area contributed by atoms with Gasteiger partial charge in [-0.25, -0.2) is 0 Å². The largest absolute Gasteiger partial charge is 0.396 e. The molecule has 0 bridgehead atoms. The van der Waals surface area contributed by atoms with Crippen molar-refractivity contribution in [3.63, 3.8) is 0 Å². The number of methoxy groups -OCH3 is 1. The summed E-state index contributed by atoms with van der Waals surface area (Å²) in [6.45, 7) is 8.91. The number of aliphatic hydroxyl groups excluding tert-OH is 1. The zero-order valence-corrected chi connectivity index (χ0v) is 15.4. The first-order chi connectivity index (χ1) is 10.8. The van der Waals surface area contributed by atoms with Gasteiger partial charge < -0.3 is 20.1 Å².